The van der Waals surface area contributed by atoms with E-state index in [2.05, 4.69) is 33.4 Å². The van der Waals surface area contributed by atoms with Crippen LogP contribution < -0.4 is 11.1 Å². The van der Waals surface area contributed by atoms with Crippen LogP contribution in [0.5, 0.6) is 0 Å². The van der Waals surface area contributed by atoms with Crippen LogP contribution >= 0.6 is 11.3 Å². The van der Waals surface area contributed by atoms with Gasteiger partial charge in [-0.05, 0) is 18.6 Å². The van der Waals surface area contributed by atoms with Gasteiger partial charge < -0.3 is 11.1 Å². The van der Waals surface area contributed by atoms with Gasteiger partial charge in [0.25, 0.3) is 0 Å². The molecular formula is C13H16N6S. The molecule has 6 nitrogen and oxygen atoms in total. The highest BCUT2D eigenvalue weighted by Gasteiger charge is 2.10. The third-order valence-corrected chi connectivity index (χ3v) is 4.19. The van der Waals surface area contributed by atoms with Crippen molar-refractivity contribution in [2.45, 2.75) is 19.9 Å². The number of nitrogens with zero attached hydrogens (tertiary/aromatic N) is 4. The van der Waals surface area contributed by atoms with E-state index in [4.69, 9.17) is 5.73 Å². The van der Waals surface area contributed by atoms with E-state index >= 15 is 0 Å². The normalized spacial score (nSPS) is 11.1. The number of rotatable bonds is 4. The van der Waals surface area contributed by atoms with Gasteiger partial charge in [0, 0.05) is 18.1 Å². The van der Waals surface area contributed by atoms with Gasteiger partial charge in [0.2, 0.25) is 5.95 Å². The van der Waals surface area contributed by atoms with E-state index in [0.717, 1.165) is 28.1 Å². The summed E-state index contributed by atoms with van der Waals surface area (Å²) in [5, 5.41) is 8.65. The van der Waals surface area contributed by atoms with Crippen LogP contribution in [0.3, 0.4) is 0 Å². The molecule has 0 aliphatic heterocycles. The molecule has 20 heavy (non-hydrogen) atoms. The molecule has 0 fully saturated rings. The van der Waals surface area contributed by atoms with Crippen molar-refractivity contribution < 1.29 is 0 Å². The predicted octanol–water partition coefficient (Wildman–Crippen LogP) is 2.18. The molecule has 3 N–H and O–H groups in total. The van der Waals surface area contributed by atoms with Crippen LogP contribution in [0.15, 0.2) is 18.3 Å². The van der Waals surface area contributed by atoms with Crippen LogP contribution in [0, 0.1) is 0 Å². The zero-order chi connectivity index (χ0) is 14.1. The summed E-state index contributed by atoms with van der Waals surface area (Å²) < 4.78 is 1.78. The van der Waals surface area contributed by atoms with Crippen molar-refractivity contribution in [3.63, 3.8) is 0 Å². The first-order valence-electron chi connectivity index (χ1n) is 6.44. The average molecular weight is 288 g/mol. The largest absolute Gasteiger partial charge is 0.368 e. The van der Waals surface area contributed by atoms with Gasteiger partial charge in [0.05, 0.1) is 17.6 Å². The molecule has 0 saturated carbocycles. The topological polar surface area (TPSA) is 81.7 Å². The van der Waals surface area contributed by atoms with Crippen LogP contribution in [0.25, 0.3) is 10.2 Å². The number of nitrogens with two attached hydrogens (primary N) is 1. The fourth-order valence-corrected chi connectivity index (χ4v) is 3.00. The highest BCUT2D eigenvalue weighted by atomic mass is 32.1. The Labute approximate surface area is 120 Å². The Balaban J connectivity index is 1.91. The molecule has 104 valence electrons. The maximum Gasteiger partial charge on any atom is 0.223 e. The van der Waals surface area contributed by atoms with Crippen molar-refractivity contribution in [3.8, 4) is 0 Å². The van der Waals surface area contributed by atoms with Crippen LogP contribution in [0.4, 0.5) is 11.8 Å². The lowest BCUT2D eigenvalue weighted by Gasteiger charge is -2.05. The molecule has 0 unspecified atom stereocenters. The first kappa shape index (κ1) is 12.9. The van der Waals surface area contributed by atoms with E-state index < -0.39 is 0 Å². The van der Waals surface area contributed by atoms with E-state index in [-0.39, 0.29) is 0 Å². The van der Waals surface area contributed by atoms with E-state index in [0.29, 0.717) is 12.5 Å². The quantitative estimate of drug-likeness (QED) is 0.769. The summed E-state index contributed by atoms with van der Waals surface area (Å²) in [6.07, 6.45) is 2.90. The van der Waals surface area contributed by atoms with Gasteiger partial charge in [-0.3, -0.25) is 4.68 Å². The smallest absolute Gasteiger partial charge is 0.223 e. The molecule has 0 aliphatic carbocycles. The number of hydrogen-bond donors (Lipinski definition) is 2. The second-order valence-electron chi connectivity index (χ2n) is 4.55. The minimum Gasteiger partial charge on any atom is -0.368 e. The van der Waals surface area contributed by atoms with Gasteiger partial charge in [-0.15, -0.1) is 11.3 Å². The molecular weight excluding hydrogens is 272 g/mol. The fraction of sp³-hybridized carbons (Fsp3) is 0.308. The van der Waals surface area contributed by atoms with Crippen molar-refractivity contribution >= 4 is 33.3 Å². The SMILES string of the molecule is CCc1cc2c(NCc3ccn(C)n3)nc(N)nc2s1. The van der Waals surface area contributed by atoms with Crippen molar-refractivity contribution in [3.05, 3.63) is 28.9 Å². The number of fused-ring (bicyclic) bond motifs is 1. The standard InChI is InChI=1S/C13H16N6S/c1-3-9-6-10-11(16-13(14)17-12(10)20-9)15-7-8-4-5-19(2)18-8/h4-6H,3,7H2,1-2H3,(H3,14,15,16,17). The minimum atomic E-state index is 0.297. The number of nitrogen functional groups attached to an aromatic ring is 1. The number of aryl methyl sites for hydroxylation is 2. The summed E-state index contributed by atoms with van der Waals surface area (Å²) in [4.78, 5) is 10.8. The van der Waals surface area contributed by atoms with Crippen LogP contribution in [0.1, 0.15) is 17.5 Å². The van der Waals surface area contributed by atoms with Crippen LogP contribution in [0.2, 0.25) is 0 Å². The maximum atomic E-state index is 5.77. The van der Waals surface area contributed by atoms with Gasteiger partial charge in [0.15, 0.2) is 0 Å². The minimum absolute atomic E-state index is 0.297. The third-order valence-electron chi connectivity index (χ3n) is 3.02. The summed E-state index contributed by atoms with van der Waals surface area (Å²) >= 11 is 1.66. The fourth-order valence-electron chi connectivity index (χ4n) is 2.03. The molecule has 0 bridgehead atoms. The summed E-state index contributed by atoms with van der Waals surface area (Å²) in [6, 6.07) is 4.10. The zero-order valence-corrected chi connectivity index (χ0v) is 12.2. The van der Waals surface area contributed by atoms with Gasteiger partial charge in [-0.25, -0.2) is 4.98 Å². The third kappa shape index (κ3) is 2.44. The highest BCUT2D eigenvalue weighted by molar-refractivity contribution is 7.18. The molecule has 3 heterocycles. The Morgan fingerprint density at radius 1 is 1.40 bits per heavy atom. The Bertz CT molecular complexity index is 744. The molecule has 0 radical (unpaired) electrons. The first-order chi connectivity index (χ1) is 9.65. The van der Waals surface area contributed by atoms with Crippen molar-refractivity contribution in [2.75, 3.05) is 11.1 Å². The zero-order valence-electron chi connectivity index (χ0n) is 11.4. The van der Waals surface area contributed by atoms with Crippen LogP contribution in [-0.4, -0.2) is 19.7 Å². The van der Waals surface area contributed by atoms with Crippen molar-refractivity contribution in [1.82, 2.24) is 19.7 Å². The first-order valence-corrected chi connectivity index (χ1v) is 7.25. The second kappa shape index (κ2) is 5.09. The lowest BCUT2D eigenvalue weighted by Crippen LogP contribution is -2.05. The van der Waals surface area contributed by atoms with E-state index in [9.17, 15) is 0 Å². The number of anilines is 2. The number of nitrogens with one attached hydrogen (secondary N) is 1. The average Bonchev–Trinajstić information content (AvgIpc) is 3.01. The van der Waals surface area contributed by atoms with E-state index in [1.54, 1.807) is 16.0 Å². The molecule has 3 aromatic rings. The van der Waals surface area contributed by atoms with E-state index in [1.807, 2.05) is 19.3 Å². The Morgan fingerprint density at radius 2 is 2.25 bits per heavy atom. The Kier molecular flexibility index (Phi) is 3.27. The molecule has 0 aromatic carbocycles. The number of aromatic nitrogens is 4. The lowest BCUT2D eigenvalue weighted by atomic mass is 10.3. The Hall–Kier alpha value is -2.15. The van der Waals surface area contributed by atoms with Crippen LogP contribution in [-0.2, 0) is 20.0 Å². The van der Waals surface area contributed by atoms with E-state index in [1.165, 1.54) is 4.88 Å². The predicted molar refractivity (Wildman–Crippen MR) is 81.7 cm³/mol. The Morgan fingerprint density at radius 3 is 2.95 bits per heavy atom. The summed E-state index contributed by atoms with van der Waals surface area (Å²) in [7, 11) is 1.90. The molecule has 0 aliphatic rings. The highest BCUT2D eigenvalue weighted by Crippen LogP contribution is 2.29. The van der Waals surface area contributed by atoms with Gasteiger partial charge in [-0.2, -0.15) is 10.1 Å². The monoisotopic (exact) mass is 288 g/mol. The van der Waals surface area contributed by atoms with Gasteiger partial charge in [-0.1, -0.05) is 6.92 Å². The van der Waals surface area contributed by atoms with Gasteiger partial charge >= 0.3 is 0 Å². The molecule has 0 atom stereocenters. The van der Waals surface area contributed by atoms with Gasteiger partial charge in [0.1, 0.15) is 10.6 Å². The lowest BCUT2D eigenvalue weighted by molar-refractivity contribution is 0.747. The molecule has 0 saturated heterocycles. The van der Waals surface area contributed by atoms with Crippen molar-refractivity contribution in [1.29, 1.82) is 0 Å². The summed E-state index contributed by atoms with van der Waals surface area (Å²) in [5.74, 6) is 1.07. The molecule has 7 heteroatoms. The summed E-state index contributed by atoms with van der Waals surface area (Å²) in [5.41, 5.74) is 6.74. The molecule has 0 spiro atoms. The number of hydrogen-bond acceptors (Lipinski definition) is 6. The summed E-state index contributed by atoms with van der Waals surface area (Å²) in [6.45, 7) is 2.74. The number of thiophene rings is 1. The molecule has 0 amide bonds. The second-order valence-corrected chi connectivity index (χ2v) is 5.67. The van der Waals surface area contributed by atoms with Crippen molar-refractivity contribution in [2.24, 2.45) is 7.05 Å². The molecule has 3 aromatic heterocycles. The maximum absolute atomic E-state index is 5.77. The molecule has 3 rings (SSSR count).